The lowest BCUT2D eigenvalue weighted by molar-refractivity contribution is -0.148. The summed E-state index contributed by atoms with van der Waals surface area (Å²) in [5.41, 5.74) is 0.0975. The molecule has 0 bridgehead atoms. The fourth-order valence-electron chi connectivity index (χ4n) is 3.79. The van der Waals surface area contributed by atoms with Crippen LogP contribution in [0.2, 0.25) is 0 Å². The van der Waals surface area contributed by atoms with Crippen molar-refractivity contribution in [3.63, 3.8) is 0 Å². The van der Waals surface area contributed by atoms with E-state index in [1.165, 1.54) is 32.4 Å². The highest BCUT2D eigenvalue weighted by atomic mass is 19.4. The highest BCUT2D eigenvalue weighted by molar-refractivity contribution is 5.86. The third-order valence-corrected chi connectivity index (χ3v) is 5.86. The zero-order chi connectivity index (χ0) is 28.3. The number of fused-ring (bicyclic) bond motifs is 1. The molecule has 0 radical (unpaired) electrons. The number of hydrogen-bond acceptors (Lipinski definition) is 7. The Morgan fingerprint density at radius 3 is 2.51 bits per heavy atom. The summed E-state index contributed by atoms with van der Waals surface area (Å²) in [6, 6.07) is 16.2. The number of benzene rings is 3. The molecule has 0 saturated carbocycles. The zero-order valence-electron chi connectivity index (χ0n) is 21.6. The number of aromatic nitrogens is 2. The second kappa shape index (κ2) is 11.0. The van der Waals surface area contributed by atoms with E-state index in [1.807, 2.05) is 19.0 Å². The third-order valence-electron chi connectivity index (χ3n) is 5.86. The highest BCUT2D eigenvalue weighted by Crippen LogP contribution is 2.32. The summed E-state index contributed by atoms with van der Waals surface area (Å²) in [4.78, 5) is 31.7. The maximum Gasteiger partial charge on any atom is 0.416 e. The number of anilines is 1. The summed E-state index contributed by atoms with van der Waals surface area (Å²) in [7, 11) is 4.91. The number of carbonyl (C=O) groups is 1. The van der Waals surface area contributed by atoms with E-state index in [9.17, 15) is 22.8 Å². The van der Waals surface area contributed by atoms with Gasteiger partial charge in [-0.1, -0.05) is 24.3 Å². The second-order valence-electron chi connectivity index (χ2n) is 8.79. The smallest absolute Gasteiger partial charge is 0.416 e. The lowest BCUT2D eigenvalue weighted by Gasteiger charge is -2.18. The summed E-state index contributed by atoms with van der Waals surface area (Å²) < 4.78 is 51.8. The van der Waals surface area contributed by atoms with Crippen molar-refractivity contribution < 1.29 is 27.4 Å². The fraction of sp³-hybridized carbons (Fsp3) is 0.214. The van der Waals surface area contributed by atoms with Gasteiger partial charge in [-0.15, -0.1) is 0 Å². The van der Waals surface area contributed by atoms with Gasteiger partial charge in [0, 0.05) is 37.0 Å². The van der Waals surface area contributed by atoms with Gasteiger partial charge in [0.15, 0.2) is 11.9 Å². The monoisotopic (exact) mass is 538 g/mol. The summed E-state index contributed by atoms with van der Waals surface area (Å²) in [6.07, 6.45) is -4.20. The van der Waals surface area contributed by atoms with Crippen molar-refractivity contribution in [1.29, 1.82) is 0 Å². The number of ether oxygens (including phenoxy) is 2. The minimum atomic E-state index is -4.59. The number of halogens is 3. The minimum absolute atomic E-state index is 0.0589. The fourth-order valence-corrected chi connectivity index (χ4v) is 3.79. The standard InChI is InChI=1S/C28H25F3N4O4/c1-17(27(37)38-4)39-24-15-21(34(2)3)13-12-19(24)16-32-35-25(18-8-7-9-20(14-18)28(29,30)31)33-23-11-6-5-10-22(23)26(35)36/h5-17H,1-4H3/t17-/m1/s1. The van der Waals surface area contributed by atoms with E-state index >= 15 is 0 Å². The Bertz CT molecular complexity index is 1610. The van der Waals surface area contributed by atoms with E-state index in [0.717, 1.165) is 22.5 Å². The SMILES string of the molecule is COC(=O)[C@@H](C)Oc1cc(N(C)C)ccc1C=Nn1c(-c2cccc(C(F)(F)F)c2)nc2ccccc2c1=O. The Hall–Kier alpha value is -4.67. The molecular weight excluding hydrogens is 513 g/mol. The van der Waals surface area contributed by atoms with Crippen LogP contribution in [0.15, 0.2) is 76.6 Å². The van der Waals surface area contributed by atoms with Crippen LogP contribution in [0.5, 0.6) is 5.75 Å². The van der Waals surface area contributed by atoms with E-state index in [1.54, 1.807) is 42.5 Å². The molecule has 0 fully saturated rings. The average Bonchev–Trinajstić information content (AvgIpc) is 2.92. The Balaban J connectivity index is 1.88. The van der Waals surface area contributed by atoms with Gasteiger partial charge in [-0.3, -0.25) is 4.79 Å². The van der Waals surface area contributed by atoms with Gasteiger partial charge in [0.2, 0.25) is 0 Å². The topological polar surface area (TPSA) is 86.0 Å². The minimum Gasteiger partial charge on any atom is -0.478 e. The molecule has 4 aromatic rings. The molecule has 1 aromatic heterocycles. The van der Waals surface area contributed by atoms with Gasteiger partial charge in [-0.05, 0) is 43.3 Å². The number of alkyl halides is 3. The van der Waals surface area contributed by atoms with Gasteiger partial charge in [0.05, 0.1) is 29.8 Å². The third kappa shape index (κ3) is 5.92. The first kappa shape index (κ1) is 27.4. The molecule has 4 rings (SSSR count). The first-order valence-electron chi connectivity index (χ1n) is 11.8. The molecule has 0 N–H and O–H groups in total. The first-order valence-corrected chi connectivity index (χ1v) is 11.8. The van der Waals surface area contributed by atoms with Crippen molar-refractivity contribution in [2.75, 3.05) is 26.1 Å². The molecule has 0 saturated heterocycles. The van der Waals surface area contributed by atoms with Crippen LogP contribution in [0.1, 0.15) is 18.1 Å². The lowest BCUT2D eigenvalue weighted by Crippen LogP contribution is -2.25. The molecule has 11 heteroatoms. The van der Waals surface area contributed by atoms with Crippen LogP contribution in [0, 0.1) is 0 Å². The van der Waals surface area contributed by atoms with Crippen LogP contribution >= 0.6 is 0 Å². The quantitative estimate of drug-likeness (QED) is 0.244. The van der Waals surface area contributed by atoms with Crippen molar-refractivity contribution in [1.82, 2.24) is 9.66 Å². The average molecular weight is 539 g/mol. The van der Waals surface area contributed by atoms with Gasteiger partial charge >= 0.3 is 12.1 Å². The van der Waals surface area contributed by atoms with Crippen molar-refractivity contribution >= 4 is 28.8 Å². The maximum atomic E-state index is 13.4. The second-order valence-corrected chi connectivity index (χ2v) is 8.79. The number of esters is 1. The van der Waals surface area contributed by atoms with Crippen LogP contribution < -0.4 is 15.2 Å². The Kier molecular flexibility index (Phi) is 7.70. The zero-order valence-corrected chi connectivity index (χ0v) is 21.6. The van der Waals surface area contributed by atoms with E-state index in [0.29, 0.717) is 11.1 Å². The molecule has 0 aliphatic rings. The van der Waals surface area contributed by atoms with Crippen molar-refractivity contribution in [3.8, 4) is 17.1 Å². The Morgan fingerprint density at radius 2 is 1.82 bits per heavy atom. The summed E-state index contributed by atoms with van der Waals surface area (Å²) in [5.74, 6) is -0.378. The largest absolute Gasteiger partial charge is 0.478 e. The predicted molar refractivity (Wildman–Crippen MR) is 142 cm³/mol. The first-order chi connectivity index (χ1) is 18.5. The van der Waals surface area contributed by atoms with Crippen molar-refractivity contribution in [3.05, 3.63) is 88.2 Å². The molecule has 39 heavy (non-hydrogen) atoms. The van der Waals surface area contributed by atoms with Gasteiger partial charge in [0.1, 0.15) is 5.75 Å². The number of rotatable bonds is 7. The van der Waals surface area contributed by atoms with Crippen LogP contribution in [0.3, 0.4) is 0 Å². The number of methoxy groups -OCH3 is 1. The molecule has 0 aliphatic carbocycles. The molecule has 1 atom stereocenters. The van der Waals surface area contributed by atoms with Crippen LogP contribution in [-0.4, -0.2) is 49.2 Å². The molecule has 1 heterocycles. The van der Waals surface area contributed by atoms with E-state index in [4.69, 9.17) is 9.47 Å². The lowest BCUT2D eigenvalue weighted by atomic mass is 10.1. The molecule has 3 aromatic carbocycles. The van der Waals surface area contributed by atoms with Crippen LogP contribution in [0.25, 0.3) is 22.3 Å². The van der Waals surface area contributed by atoms with E-state index in [2.05, 4.69) is 10.1 Å². The predicted octanol–water partition coefficient (Wildman–Crippen LogP) is 4.97. The summed E-state index contributed by atoms with van der Waals surface area (Å²) in [5, 5.41) is 4.57. The molecule has 0 aliphatic heterocycles. The van der Waals surface area contributed by atoms with E-state index in [-0.39, 0.29) is 22.5 Å². The Morgan fingerprint density at radius 1 is 1.08 bits per heavy atom. The number of para-hydroxylation sites is 1. The van der Waals surface area contributed by atoms with Crippen molar-refractivity contribution in [2.45, 2.75) is 19.2 Å². The van der Waals surface area contributed by atoms with Gasteiger partial charge in [-0.2, -0.15) is 22.9 Å². The molecule has 0 amide bonds. The van der Waals surface area contributed by atoms with Crippen LogP contribution in [-0.2, 0) is 15.7 Å². The highest BCUT2D eigenvalue weighted by Gasteiger charge is 2.31. The molecule has 0 unspecified atom stereocenters. The molecule has 8 nitrogen and oxygen atoms in total. The van der Waals surface area contributed by atoms with Crippen molar-refractivity contribution in [2.24, 2.45) is 5.10 Å². The Labute approximate surface area is 221 Å². The maximum absolute atomic E-state index is 13.4. The van der Waals surface area contributed by atoms with Gasteiger partial charge < -0.3 is 14.4 Å². The molecular formula is C28H25F3N4O4. The normalized spacial score (nSPS) is 12.5. The molecule has 0 spiro atoms. The van der Waals surface area contributed by atoms with E-state index < -0.39 is 29.4 Å². The summed E-state index contributed by atoms with van der Waals surface area (Å²) >= 11 is 0. The number of nitrogens with zero attached hydrogens (tertiary/aromatic N) is 4. The van der Waals surface area contributed by atoms with Gasteiger partial charge in [0.25, 0.3) is 5.56 Å². The number of hydrogen-bond donors (Lipinski definition) is 0. The van der Waals surface area contributed by atoms with Crippen LogP contribution in [0.4, 0.5) is 18.9 Å². The molecule has 202 valence electrons. The summed E-state index contributed by atoms with van der Waals surface area (Å²) in [6.45, 7) is 1.53. The van der Waals surface area contributed by atoms with Gasteiger partial charge in [-0.25, -0.2) is 9.78 Å². The number of carbonyl (C=O) groups excluding carboxylic acids is 1.